The molecule has 2 nitrogen and oxygen atoms in total. The zero-order valence-corrected chi connectivity index (χ0v) is 21.9. The maximum Gasteiger partial charge on any atom is 2.00 e. The van der Waals surface area contributed by atoms with Crippen LogP contribution in [0.25, 0.3) is 0 Å². The Bertz CT molecular complexity index is 306. The van der Waals surface area contributed by atoms with Gasteiger partial charge in [-0.1, -0.05) is 26.0 Å². The summed E-state index contributed by atoms with van der Waals surface area (Å²) in [4.78, 5) is 0. The van der Waals surface area contributed by atoms with Crippen molar-refractivity contribution in [3.05, 3.63) is 37.5 Å². The second-order valence-corrected chi connectivity index (χ2v) is 15.9. The molecule has 23 heavy (non-hydrogen) atoms. The molecule has 0 aliphatic heterocycles. The second-order valence-electron chi connectivity index (χ2n) is 7.05. The molecule has 0 atom stereocenters. The summed E-state index contributed by atoms with van der Waals surface area (Å²) in [6.45, 7) is 24.9. The predicted octanol–water partition coefficient (Wildman–Crippen LogP) is 6.71. The van der Waals surface area contributed by atoms with Gasteiger partial charge in [-0.3, -0.25) is 0 Å². The molecule has 0 aliphatic carbocycles. The van der Waals surface area contributed by atoms with Crippen molar-refractivity contribution < 1.29 is 28.3 Å². The molecular formula is C18H38O2Si2Zn. The maximum absolute atomic E-state index is 5.79. The summed E-state index contributed by atoms with van der Waals surface area (Å²) in [5.74, 6) is 2.22. The Balaban J connectivity index is -0.000000333. The minimum atomic E-state index is -1.37. The van der Waals surface area contributed by atoms with Crippen LogP contribution in [0.3, 0.4) is 0 Å². The van der Waals surface area contributed by atoms with Gasteiger partial charge in [0.15, 0.2) is 0 Å². The molecule has 0 N–H and O–H groups in total. The molecule has 0 fully saturated rings. The zero-order chi connectivity index (χ0) is 17.8. The molecule has 0 aromatic rings. The Labute approximate surface area is 161 Å². The third kappa shape index (κ3) is 22.1. The van der Waals surface area contributed by atoms with E-state index in [0.717, 1.165) is 37.2 Å². The van der Waals surface area contributed by atoms with Gasteiger partial charge in [-0.2, -0.15) is 12.8 Å². The van der Waals surface area contributed by atoms with Gasteiger partial charge in [0.2, 0.25) is 16.6 Å². The van der Waals surface area contributed by atoms with E-state index in [4.69, 9.17) is 8.85 Å². The summed E-state index contributed by atoms with van der Waals surface area (Å²) in [6.07, 6.45) is 7.76. The molecule has 5 heteroatoms. The first-order chi connectivity index (χ1) is 9.99. The Kier molecular flexibility index (Phi) is 17.6. The molecule has 0 bridgehead atoms. The Morgan fingerprint density at radius 3 is 1.13 bits per heavy atom. The maximum atomic E-state index is 5.79. The van der Waals surface area contributed by atoms with E-state index >= 15 is 0 Å². The first-order valence-electron chi connectivity index (χ1n) is 8.33. The van der Waals surface area contributed by atoms with E-state index in [-0.39, 0.29) is 19.5 Å². The molecule has 0 radical (unpaired) electrons. The van der Waals surface area contributed by atoms with E-state index < -0.39 is 16.6 Å². The van der Waals surface area contributed by atoms with Gasteiger partial charge in [0.05, 0.1) is 11.5 Å². The van der Waals surface area contributed by atoms with Crippen LogP contribution in [0.1, 0.15) is 39.5 Å². The van der Waals surface area contributed by atoms with Gasteiger partial charge in [0.1, 0.15) is 0 Å². The number of hydrogen-bond donors (Lipinski definition) is 0. The monoisotopic (exact) mass is 406 g/mol. The molecule has 0 saturated heterocycles. The van der Waals surface area contributed by atoms with Crippen LogP contribution < -0.4 is 0 Å². The normalized spacial score (nSPS) is 12.8. The van der Waals surface area contributed by atoms with E-state index in [2.05, 4.69) is 79.1 Å². The largest absolute Gasteiger partial charge is 2.00 e. The average Bonchev–Trinajstić information content (AvgIpc) is 2.35. The summed E-state index contributed by atoms with van der Waals surface area (Å²) < 4.78 is 11.6. The molecule has 0 unspecified atom stereocenters. The smallest absolute Gasteiger partial charge is 0.548 e. The van der Waals surface area contributed by atoms with Crippen molar-refractivity contribution >= 4 is 16.6 Å². The Hall–Kier alpha value is 0.137. The van der Waals surface area contributed by atoms with Crippen molar-refractivity contribution in [3.8, 4) is 0 Å². The van der Waals surface area contributed by atoms with Gasteiger partial charge in [-0.15, -0.1) is 0 Å². The van der Waals surface area contributed by atoms with Crippen LogP contribution >= 0.6 is 0 Å². The van der Waals surface area contributed by atoms with Gasteiger partial charge >= 0.3 is 19.5 Å². The molecule has 0 rings (SSSR count). The van der Waals surface area contributed by atoms with Crippen LogP contribution in [0, 0.1) is 13.8 Å². The van der Waals surface area contributed by atoms with Crippen LogP contribution in [0.15, 0.2) is 23.7 Å². The van der Waals surface area contributed by atoms with Crippen molar-refractivity contribution in [2.45, 2.75) is 78.8 Å². The van der Waals surface area contributed by atoms with Crippen LogP contribution in [0.2, 0.25) is 39.3 Å². The van der Waals surface area contributed by atoms with Gasteiger partial charge in [0, 0.05) is 12.8 Å². The minimum absolute atomic E-state index is 0. The SMILES string of the molecule is [CH2-]C/C=C(\CC)O[Si](C)(C)C.[CH2-]C/C=C(\CC)O[Si](C)(C)C.[Zn+2]. The predicted molar refractivity (Wildman–Crippen MR) is 106 cm³/mol. The molecule has 0 heterocycles. The Morgan fingerprint density at radius 2 is 1.00 bits per heavy atom. The zero-order valence-electron chi connectivity index (χ0n) is 16.9. The summed E-state index contributed by atoms with van der Waals surface area (Å²) in [7, 11) is -2.75. The summed E-state index contributed by atoms with van der Waals surface area (Å²) in [5.41, 5.74) is 0. The fourth-order valence-corrected chi connectivity index (χ4v) is 3.65. The van der Waals surface area contributed by atoms with E-state index in [1.165, 1.54) is 0 Å². The van der Waals surface area contributed by atoms with E-state index in [1.807, 2.05) is 0 Å². The number of allylic oxidation sites excluding steroid dienone is 4. The van der Waals surface area contributed by atoms with Crippen molar-refractivity contribution in [2.24, 2.45) is 0 Å². The van der Waals surface area contributed by atoms with Crippen molar-refractivity contribution in [1.29, 1.82) is 0 Å². The topological polar surface area (TPSA) is 18.5 Å². The molecule has 0 aromatic carbocycles. The molecule has 0 aromatic heterocycles. The van der Waals surface area contributed by atoms with Gasteiger partial charge in [-0.25, -0.2) is 0 Å². The van der Waals surface area contributed by atoms with Gasteiger partial charge in [-0.05, 0) is 39.3 Å². The molecule has 0 saturated carbocycles. The first-order valence-corrected chi connectivity index (χ1v) is 15.1. The third-order valence-electron chi connectivity index (χ3n) is 2.32. The molecule has 132 valence electrons. The van der Waals surface area contributed by atoms with Crippen LogP contribution in [0.4, 0.5) is 0 Å². The fraction of sp³-hybridized carbons (Fsp3) is 0.667. The van der Waals surface area contributed by atoms with Gasteiger partial charge < -0.3 is 22.7 Å². The van der Waals surface area contributed by atoms with E-state index in [0.29, 0.717) is 0 Å². The molecule has 0 spiro atoms. The Morgan fingerprint density at radius 1 is 0.739 bits per heavy atom. The van der Waals surface area contributed by atoms with Crippen LogP contribution in [-0.2, 0) is 28.3 Å². The number of hydrogen-bond acceptors (Lipinski definition) is 2. The standard InChI is InChI=1S/2C9H19OSi.Zn/c2*1-6-8-9(7-2)10-11(3,4)5;/h2*8H,1,6-7H2,2-5H3;/q2*-1;+2/b2*9-8+;. The quantitative estimate of drug-likeness (QED) is 0.253. The van der Waals surface area contributed by atoms with Crippen molar-refractivity contribution in [3.63, 3.8) is 0 Å². The number of rotatable bonds is 8. The molecule has 0 aliphatic rings. The van der Waals surface area contributed by atoms with E-state index in [9.17, 15) is 0 Å². The third-order valence-corrected chi connectivity index (χ3v) is 4.06. The summed E-state index contributed by atoms with van der Waals surface area (Å²) in [6, 6.07) is 0. The minimum Gasteiger partial charge on any atom is -0.548 e. The summed E-state index contributed by atoms with van der Waals surface area (Å²) >= 11 is 0. The van der Waals surface area contributed by atoms with Gasteiger partial charge in [0.25, 0.3) is 0 Å². The van der Waals surface area contributed by atoms with Crippen molar-refractivity contribution in [1.82, 2.24) is 0 Å². The first kappa shape index (κ1) is 28.0. The fourth-order valence-electron chi connectivity index (χ4n) is 1.62. The van der Waals surface area contributed by atoms with Crippen LogP contribution in [-0.4, -0.2) is 16.6 Å². The van der Waals surface area contributed by atoms with Crippen molar-refractivity contribution in [2.75, 3.05) is 0 Å². The average molecular weight is 408 g/mol. The van der Waals surface area contributed by atoms with E-state index in [1.54, 1.807) is 0 Å². The molecular weight excluding hydrogens is 370 g/mol. The van der Waals surface area contributed by atoms with Crippen LogP contribution in [0.5, 0.6) is 0 Å². The second kappa shape index (κ2) is 14.5. The summed E-state index contributed by atoms with van der Waals surface area (Å²) in [5, 5.41) is 0. The molecule has 0 amide bonds.